The summed E-state index contributed by atoms with van der Waals surface area (Å²) in [6.45, 7) is 3.60. The summed E-state index contributed by atoms with van der Waals surface area (Å²) in [6, 6.07) is 1.67. The van der Waals surface area contributed by atoms with Gasteiger partial charge in [0.25, 0.3) is 0 Å². The fourth-order valence-electron chi connectivity index (χ4n) is 3.27. The first-order valence-electron chi connectivity index (χ1n) is 6.98. The number of nitrogens with zero attached hydrogens (tertiary/aromatic N) is 1. The molecule has 0 saturated carbocycles. The van der Waals surface area contributed by atoms with Gasteiger partial charge in [-0.2, -0.15) is 0 Å². The molecule has 8 heteroatoms. The fraction of sp³-hybridized carbons (Fsp3) is 0.615. The summed E-state index contributed by atoms with van der Waals surface area (Å²) in [5, 5.41) is 9.04. The quantitative estimate of drug-likeness (QED) is 0.868. The van der Waals surface area contributed by atoms with Gasteiger partial charge in [-0.25, -0.2) is 17.9 Å². The summed E-state index contributed by atoms with van der Waals surface area (Å²) < 4.78 is 27.8. The number of fused-ring (bicyclic) bond motifs is 1. The molecular weight excluding hydrogens is 312 g/mol. The van der Waals surface area contributed by atoms with Gasteiger partial charge in [-0.05, 0) is 44.4 Å². The minimum absolute atomic E-state index is 0.0619. The van der Waals surface area contributed by atoms with Gasteiger partial charge in [0.1, 0.15) is 9.09 Å². The van der Waals surface area contributed by atoms with Crippen LogP contribution in [0, 0.1) is 6.92 Å². The highest BCUT2D eigenvalue weighted by atomic mass is 32.2. The van der Waals surface area contributed by atoms with Crippen LogP contribution in [0.3, 0.4) is 0 Å². The molecule has 2 N–H and O–H groups in total. The van der Waals surface area contributed by atoms with E-state index in [-0.39, 0.29) is 15.1 Å². The maximum Gasteiger partial charge on any atom is 0.346 e. The summed E-state index contributed by atoms with van der Waals surface area (Å²) in [7, 11) is -3.64. The lowest BCUT2D eigenvalue weighted by atomic mass is 10.1. The van der Waals surface area contributed by atoms with Gasteiger partial charge in [0, 0.05) is 18.6 Å². The molecule has 0 aromatic carbocycles. The third kappa shape index (κ3) is 2.73. The van der Waals surface area contributed by atoms with Gasteiger partial charge in [0.2, 0.25) is 10.0 Å². The molecule has 0 bridgehead atoms. The number of nitrogens with one attached hydrogen (secondary N) is 1. The summed E-state index contributed by atoms with van der Waals surface area (Å²) in [6.07, 6.45) is 2.96. The van der Waals surface area contributed by atoms with Crippen LogP contribution in [0.2, 0.25) is 0 Å². The Morgan fingerprint density at radius 1 is 1.43 bits per heavy atom. The Hall–Kier alpha value is -0.960. The fourth-order valence-corrected chi connectivity index (χ4v) is 5.97. The summed E-state index contributed by atoms with van der Waals surface area (Å²) in [5.74, 6) is -1.08. The van der Waals surface area contributed by atoms with Crippen molar-refractivity contribution in [2.45, 2.75) is 42.5 Å². The summed E-state index contributed by atoms with van der Waals surface area (Å²) in [4.78, 5) is 13.5. The van der Waals surface area contributed by atoms with Crippen LogP contribution in [0.1, 0.15) is 34.5 Å². The van der Waals surface area contributed by atoms with Crippen LogP contribution in [-0.2, 0) is 10.0 Å². The van der Waals surface area contributed by atoms with Crippen LogP contribution in [0.25, 0.3) is 0 Å². The molecule has 2 atom stereocenters. The molecule has 2 fully saturated rings. The van der Waals surface area contributed by atoms with Gasteiger partial charge in [0.05, 0.1) is 0 Å². The Morgan fingerprint density at radius 2 is 2.19 bits per heavy atom. The number of thiophene rings is 1. The molecule has 0 radical (unpaired) electrons. The highest BCUT2D eigenvalue weighted by Gasteiger charge is 2.39. The molecule has 1 aromatic heterocycles. The lowest BCUT2D eigenvalue weighted by Gasteiger charge is -2.20. The zero-order chi connectivity index (χ0) is 15.2. The highest BCUT2D eigenvalue weighted by molar-refractivity contribution is 7.91. The molecule has 0 aliphatic carbocycles. The average Bonchev–Trinajstić information content (AvgIpc) is 3.05. The van der Waals surface area contributed by atoms with Crippen molar-refractivity contribution < 1.29 is 18.3 Å². The van der Waals surface area contributed by atoms with E-state index in [0.29, 0.717) is 11.6 Å². The Balaban J connectivity index is 1.81. The number of sulfonamides is 1. The SMILES string of the molecule is Cc1cc(S(=O)(=O)NC2CCN3CCCC23)sc1C(=O)O. The van der Waals surface area contributed by atoms with E-state index in [1.165, 1.54) is 6.07 Å². The van der Waals surface area contributed by atoms with Crippen molar-refractivity contribution in [3.63, 3.8) is 0 Å². The van der Waals surface area contributed by atoms with E-state index in [0.717, 1.165) is 43.7 Å². The van der Waals surface area contributed by atoms with E-state index in [2.05, 4.69) is 9.62 Å². The lowest BCUT2D eigenvalue weighted by molar-refractivity contribution is 0.0701. The van der Waals surface area contributed by atoms with Crippen molar-refractivity contribution in [2.24, 2.45) is 0 Å². The van der Waals surface area contributed by atoms with Gasteiger partial charge in [-0.1, -0.05) is 0 Å². The Morgan fingerprint density at radius 3 is 2.86 bits per heavy atom. The van der Waals surface area contributed by atoms with Gasteiger partial charge in [-0.15, -0.1) is 11.3 Å². The molecule has 21 heavy (non-hydrogen) atoms. The van der Waals surface area contributed by atoms with Crippen LogP contribution in [0.5, 0.6) is 0 Å². The molecule has 2 aliphatic rings. The molecule has 6 nitrogen and oxygen atoms in total. The van der Waals surface area contributed by atoms with Crippen LogP contribution < -0.4 is 4.72 Å². The van der Waals surface area contributed by atoms with Crippen molar-refractivity contribution in [3.8, 4) is 0 Å². The average molecular weight is 330 g/mol. The second-order valence-corrected chi connectivity index (χ2v) is 8.64. The van der Waals surface area contributed by atoms with E-state index in [4.69, 9.17) is 5.11 Å². The highest BCUT2D eigenvalue weighted by Crippen LogP contribution is 2.31. The Kier molecular flexibility index (Phi) is 3.81. The maximum absolute atomic E-state index is 12.5. The molecule has 1 aromatic rings. The molecular formula is C13H18N2O4S2. The van der Waals surface area contributed by atoms with Crippen molar-refractivity contribution in [1.82, 2.24) is 9.62 Å². The van der Waals surface area contributed by atoms with E-state index in [9.17, 15) is 13.2 Å². The largest absolute Gasteiger partial charge is 0.477 e. The van der Waals surface area contributed by atoms with Crippen molar-refractivity contribution in [2.75, 3.05) is 13.1 Å². The number of rotatable bonds is 4. The van der Waals surface area contributed by atoms with Gasteiger partial charge in [0.15, 0.2) is 0 Å². The van der Waals surface area contributed by atoms with Gasteiger partial charge >= 0.3 is 5.97 Å². The summed E-state index contributed by atoms with van der Waals surface area (Å²) in [5.41, 5.74) is 0.488. The third-order valence-electron chi connectivity index (χ3n) is 4.27. The summed E-state index contributed by atoms with van der Waals surface area (Å²) >= 11 is 0.820. The minimum atomic E-state index is -3.64. The molecule has 116 valence electrons. The zero-order valence-electron chi connectivity index (χ0n) is 11.7. The molecule has 2 unspecified atom stereocenters. The van der Waals surface area contributed by atoms with E-state index in [1.54, 1.807) is 6.92 Å². The predicted octanol–water partition coefficient (Wildman–Crippen LogP) is 1.27. The van der Waals surface area contributed by atoms with E-state index in [1.807, 2.05) is 0 Å². The van der Waals surface area contributed by atoms with Crippen molar-refractivity contribution >= 4 is 27.3 Å². The first-order chi connectivity index (χ1) is 9.88. The second kappa shape index (κ2) is 5.35. The van der Waals surface area contributed by atoms with Crippen LogP contribution in [-0.4, -0.2) is 49.6 Å². The van der Waals surface area contributed by atoms with E-state index < -0.39 is 16.0 Å². The first kappa shape index (κ1) is 15.0. The van der Waals surface area contributed by atoms with Gasteiger partial charge < -0.3 is 5.11 Å². The smallest absolute Gasteiger partial charge is 0.346 e. The Bertz CT molecular complexity index is 668. The van der Waals surface area contributed by atoms with Crippen LogP contribution in [0.4, 0.5) is 0 Å². The molecule has 3 rings (SSSR count). The number of carboxylic acid groups (broad SMARTS) is 1. The lowest BCUT2D eigenvalue weighted by Crippen LogP contribution is -2.42. The number of carboxylic acids is 1. The van der Waals surface area contributed by atoms with Crippen LogP contribution >= 0.6 is 11.3 Å². The second-order valence-electron chi connectivity index (χ2n) is 5.64. The number of hydrogen-bond acceptors (Lipinski definition) is 5. The number of hydrogen-bond donors (Lipinski definition) is 2. The number of carbonyl (C=O) groups is 1. The maximum atomic E-state index is 12.5. The molecule has 2 aliphatic heterocycles. The third-order valence-corrected chi connectivity index (χ3v) is 7.46. The molecule has 0 spiro atoms. The van der Waals surface area contributed by atoms with Gasteiger partial charge in [-0.3, -0.25) is 4.90 Å². The zero-order valence-corrected chi connectivity index (χ0v) is 13.3. The van der Waals surface area contributed by atoms with Crippen molar-refractivity contribution in [3.05, 3.63) is 16.5 Å². The molecule has 0 amide bonds. The number of aryl methyl sites for hydroxylation is 1. The Labute approximate surface area is 127 Å². The normalized spacial score (nSPS) is 26.1. The topological polar surface area (TPSA) is 86.7 Å². The molecule has 3 heterocycles. The predicted molar refractivity (Wildman–Crippen MR) is 79.3 cm³/mol. The van der Waals surface area contributed by atoms with Crippen LogP contribution in [0.15, 0.2) is 10.3 Å². The monoisotopic (exact) mass is 330 g/mol. The minimum Gasteiger partial charge on any atom is -0.477 e. The van der Waals surface area contributed by atoms with Crippen molar-refractivity contribution in [1.29, 1.82) is 0 Å². The standard InChI is InChI=1S/C13H18N2O4S2/c1-8-7-11(20-12(8)13(16)17)21(18,19)14-9-4-6-15-5-2-3-10(9)15/h7,9-10,14H,2-6H2,1H3,(H,16,17). The molecule has 2 saturated heterocycles. The first-order valence-corrected chi connectivity index (χ1v) is 9.28. The number of aromatic carboxylic acids is 1. The van der Waals surface area contributed by atoms with E-state index >= 15 is 0 Å².